The lowest BCUT2D eigenvalue weighted by atomic mass is 10.2. The summed E-state index contributed by atoms with van der Waals surface area (Å²) in [6, 6.07) is 0. The molecule has 0 bridgehead atoms. The molecule has 0 aliphatic heterocycles. The summed E-state index contributed by atoms with van der Waals surface area (Å²) in [5, 5.41) is 0. The summed E-state index contributed by atoms with van der Waals surface area (Å²) in [7, 11) is 0. The largest absolute Gasteiger partial charge is 0.379 e. The van der Waals surface area contributed by atoms with E-state index in [2.05, 4.69) is 13.8 Å². The van der Waals surface area contributed by atoms with Gasteiger partial charge in [0, 0.05) is 13.2 Å². The van der Waals surface area contributed by atoms with Gasteiger partial charge in [-0.3, -0.25) is 0 Å². The molecule has 0 rings (SSSR count). The lowest BCUT2D eigenvalue weighted by molar-refractivity contribution is -0.0113. The molecule has 0 heterocycles. The highest BCUT2D eigenvalue weighted by Crippen LogP contribution is 1.98. The zero-order valence-electron chi connectivity index (χ0n) is 15.4. The van der Waals surface area contributed by atoms with Gasteiger partial charge in [-0.1, -0.05) is 39.5 Å². The summed E-state index contributed by atoms with van der Waals surface area (Å²) in [4.78, 5) is 0. The SMILES string of the molecule is CCCCCCOCCOCCOCCOCCOCCCC. The average Bonchev–Trinajstić information content (AvgIpc) is 2.57. The fraction of sp³-hybridized carbons (Fsp3) is 1.00. The molecule has 5 nitrogen and oxygen atoms in total. The van der Waals surface area contributed by atoms with Crippen molar-refractivity contribution < 1.29 is 23.7 Å². The fourth-order valence-electron chi connectivity index (χ4n) is 1.86. The van der Waals surface area contributed by atoms with Crippen molar-refractivity contribution in [1.29, 1.82) is 0 Å². The molecule has 23 heavy (non-hydrogen) atoms. The minimum atomic E-state index is 0.603. The number of hydrogen-bond acceptors (Lipinski definition) is 5. The first-order valence-corrected chi connectivity index (χ1v) is 9.30. The second-order valence-corrected chi connectivity index (χ2v) is 5.48. The summed E-state index contributed by atoms with van der Waals surface area (Å²) in [6.07, 6.45) is 7.27. The third-order valence-electron chi connectivity index (χ3n) is 3.27. The van der Waals surface area contributed by atoms with Crippen molar-refractivity contribution in [2.75, 3.05) is 66.1 Å². The Morgan fingerprint density at radius 1 is 0.348 bits per heavy atom. The Hall–Kier alpha value is -0.200. The van der Waals surface area contributed by atoms with Crippen LogP contribution in [0.15, 0.2) is 0 Å². The maximum absolute atomic E-state index is 5.49. The molecule has 0 radical (unpaired) electrons. The summed E-state index contributed by atoms with van der Waals surface area (Å²) in [5.74, 6) is 0. The lowest BCUT2D eigenvalue weighted by Crippen LogP contribution is -2.13. The fourth-order valence-corrected chi connectivity index (χ4v) is 1.86. The molecule has 0 atom stereocenters. The summed E-state index contributed by atoms with van der Waals surface area (Å²) in [5.41, 5.74) is 0. The first kappa shape index (κ1) is 22.8. The smallest absolute Gasteiger partial charge is 0.0701 e. The van der Waals surface area contributed by atoms with E-state index in [1.165, 1.54) is 25.7 Å². The molecular weight excluding hydrogens is 296 g/mol. The maximum Gasteiger partial charge on any atom is 0.0701 e. The van der Waals surface area contributed by atoms with Crippen molar-refractivity contribution in [2.45, 2.75) is 52.4 Å². The van der Waals surface area contributed by atoms with Crippen molar-refractivity contribution in [2.24, 2.45) is 0 Å². The van der Waals surface area contributed by atoms with Gasteiger partial charge in [-0.05, 0) is 12.8 Å². The predicted octanol–water partition coefficient (Wildman–Crippen LogP) is 3.45. The molecule has 0 N–H and O–H groups in total. The second-order valence-electron chi connectivity index (χ2n) is 5.48. The molecule has 5 heteroatoms. The standard InChI is InChI=1S/C18H38O5/c1-3-5-7-8-10-20-12-14-22-16-18-23-17-15-21-13-11-19-9-6-4-2/h3-18H2,1-2H3. The van der Waals surface area contributed by atoms with Crippen LogP contribution in [0.3, 0.4) is 0 Å². The Bertz CT molecular complexity index is 182. The van der Waals surface area contributed by atoms with Crippen LogP contribution in [0.5, 0.6) is 0 Å². The van der Waals surface area contributed by atoms with E-state index in [1.54, 1.807) is 0 Å². The van der Waals surface area contributed by atoms with E-state index in [4.69, 9.17) is 23.7 Å². The molecule has 0 saturated heterocycles. The number of ether oxygens (including phenoxy) is 5. The van der Waals surface area contributed by atoms with Crippen molar-refractivity contribution in [1.82, 2.24) is 0 Å². The van der Waals surface area contributed by atoms with Crippen LogP contribution in [0, 0.1) is 0 Å². The van der Waals surface area contributed by atoms with Crippen LogP contribution in [-0.4, -0.2) is 66.1 Å². The Morgan fingerprint density at radius 3 is 1.09 bits per heavy atom. The monoisotopic (exact) mass is 334 g/mol. The Kier molecular flexibility index (Phi) is 21.6. The molecule has 0 amide bonds. The first-order valence-electron chi connectivity index (χ1n) is 9.30. The molecule has 140 valence electrons. The van der Waals surface area contributed by atoms with E-state index < -0.39 is 0 Å². The van der Waals surface area contributed by atoms with Gasteiger partial charge < -0.3 is 23.7 Å². The number of unbranched alkanes of at least 4 members (excludes halogenated alkanes) is 4. The molecule has 0 aliphatic rings. The zero-order valence-corrected chi connectivity index (χ0v) is 15.4. The molecule has 0 saturated carbocycles. The van der Waals surface area contributed by atoms with Crippen molar-refractivity contribution >= 4 is 0 Å². The van der Waals surface area contributed by atoms with E-state index in [0.29, 0.717) is 52.9 Å². The van der Waals surface area contributed by atoms with Crippen LogP contribution in [-0.2, 0) is 23.7 Å². The highest BCUT2D eigenvalue weighted by Gasteiger charge is 1.93. The van der Waals surface area contributed by atoms with E-state index in [0.717, 1.165) is 26.1 Å². The van der Waals surface area contributed by atoms with Gasteiger partial charge in [0.25, 0.3) is 0 Å². The highest BCUT2D eigenvalue weighted by molar-refractivity contribution is 4.40. The first-order chi connectivity index (χ1) is 11.4. The normalized spacial score (nSPS) is 11.2. The summed E-state index contributed by atoms with van der Waals surface area (Å²) < 4.78 is 27.1. The molecule has 0 aromatic heterocycles. The van der Waals surface area contributed by atoms with Crippen LogP contribution in [0.25, 0.3) is 0 Å². The minimum absolute atomic E-state index is 0.603. The Labute approximate surface area is 143 Å². The van der Waals surface area contributed by atoms with Crippen molar-refractivity contribution in [3.63, 3.8) is 0 Å². The van der Waals surface area contributed by atoms with Crippen LogP contribution in [0.2, 0.25) is 0 Å². The van der Waals surface area contributed by atoms with Crippen LogP contribution >= 0.6 is 0 Å². The predicted molar refractivity (Wildman–Crippen MR) is 93.1 cm³/mol. The molecule has 0 aromatic rings. The van der Waals surface area contributed by atoms with E-state index in [1.807, 2.05) is 0 Å². The maximum atomic E-state index is 5.49. The van der Waals surface area contributed by atoms with E-state index >= 15 is 0 Å². The van der Waals surface area contributed by atoms with Gasteiger partial charge in [0.15, 0.2) is 0 Å². The summed E-state index contributed by atoms with van der Waals surface area (Å²) >= 11 is 0. The van der Waals surface area contributed by atoms with Gasteiger partial charge >= 0.3 is 0 Å². The number of rotatable bonds is 20. The quantitative estimate of drug-likeness (QED) is 0.319. The molecular formula is C18H38O5. The number of hydrogen-bond donors (Lipinski definition) is 0. The summed E-state index contributed by atoms with van der Waals surface area (Å²) in [6.45, 7) is 11.1. The van der Waals surface area contributed by atoms with Gasteiger partial charge in [0.05, 0.1) is 52.9 Å². The van der Waals surface area contributed by atoms with Crippen molar-refractivity contribution in [3.05, 3.63) is 0 Å². The van der Waals surface area contributed by atoms with Gasteiger partial charge in [-0.2, -0.15) is 0 Å². The third-order valence-corrected chi connectivity index (χ3v) is 3.27. The van der Waals surface area contributed by atoms with Gasteiger partial charge in [0.1, 0.15) is 0 Å². The van der Waals surface area contributed by atoms with Gasteiger partial charge in [-0.15, -0.1) is 0 Å². The molecule has 0 aromatic carbocycles. The van der Waals surface area contributed by atoms with E-state index in [9.17, 15) is 0 Å². The molecule has 0 spiro atoms. The lowest BCUT2D eigenvalue weighted by Gasteiger charge is -2.08. The highest BCUT2D eigenvalue weighted by atomic mass is 16.6. The topological polar surface area (TPSA) is 46.2 Å². The van der Waals surface area contributed by atoms with Gasteiger partial charge in [0.2, 0.25) is 0 Å². The zero-order chi connectivity index (χ0) is 16.8. The Morgan fingerprint density at radius 2 is 0.696 bits per heavy atom. The van der Waals surface area contributed by atoms with Crippen molar-refractivity contribution in [3.8, 4) is 0 Å². The van der Waals surface area contributed by atoms with Gasteiger partial charge in [-0.25, -0.2) is 0 Å². The molecule has 0 unspecified atom stereocenters. The Balaban J connectivity index is 2.92. The van der Waals surface area contributed by atoms with E-state index in [-0.39, 0.29) is 0 Å². The van der Waals surface area contributed by atoms with Crippen LogP contribution in [0.1, 0.15) is 52.4 Å². The average molecular weight is 334 g/mol. The molecule has 0 aliphatic carbocycles. The second kappa shape index (κ2) is 21.8. The van der Waals surface area contributed by atoms with Crippen LogP contribution < -0.4 is 0 Å². The van der Waals surface area contributed by atoms with Crippen LogP contribution in [0.4, 0.5) is 0 Å². The minimum Gasteiger partial charge on any atom is -0.379 e. The molecule has 0 fully saturated rings. The third kappa shape index (κ3) is 21.8.